The first-order valence-corrected chi connectivity index (χ1v) is 10.7. The van der Waals surface area contributed by atoms with Gasteiger partial charge in [-0.3, -0.25) is 0 Å². The van der Waals surface area contributed by atoms with Crippen molar-refractivity contribution >= 4 is 29.9 Å². The molecule has 0 bridgehead atoms. The van der Waals surface area contributed by atoms with Crippen molar-refractivity contribution in [3.63, 3.8) is 0 Å². The highest BCUT2D eigenvalue weighted by atomic mass is 127. The lowest BCUT2D eigenvalue weighted by Crippen LogP contribution is -2.47. The molecule has 2 fully saturated rings. The van der Waals surface area contributed by atoms with Crippen LogP contribution in [0.4, 0.5) is 0 Å². The number of benzene rings is 1. The van der Waals surface area contributed by atoms with Gasteiger partial charge in [0.25, 0.3) is 0 Å². The molecule has 6 nitrogen and oxygen atoms in total. The normalized spacial score (nSPS) is 18.6. The number of nitrogens with one attached hydrogen (secondary N) is 1. The van der Waals surface area contributed by atoms with Crippen LogP contribution in [0.5, 0.6) is 11.5 Å². The van der Waals surface area contributed by atoms with E-state index in [1.165, 1.54) is 25.7 Å². The maximum absolute atomic E-state index is 10.1. The van der Waals surface area contributed by atoms with Gasteiger partial charge in [-0.2, -0.15) is 0 Å². The maximum atomic E-state index is 10.1. The molecule has 164 valence electrons. The smallest absolute Gasteiger partial charge is 0.194 e. The number of hydrogen-bond donors (Lipinski definition) is 2. The van der Waals surface area contributed by atoms with Gasteiger partial charge < -0.3 is 24.8 Å². The van der Waals surface area contributed by atoms with Crippen molar-refractivity contribution < 1.29 is 14.6 Å². The number of guanidine groups is 1. The molecule has 1 saturated heterocycles. The molecule has 0 unspecified atom stereocenters. The lowest BCUT2D eigenvalue weighted by molar-refractivity contribution is 0.00101. The van der Waals surface area contributed by atoms with Gasteiger partial charge in [-0.15, -0.1) is 24.0 Å². The Morgan fingerprint density at radius 2 is 1.93 bits per heavy atom. The van der Waals surface area contributed by atoms with Crippen LogP contribution in [0.15, 0.2) is 23.2 Å². The van der Waals surface area contributed by atoms with Crippen LogP contribution in [-0.4, -0.2) is 55.4 Å². The number of aromatic hydroxyl groups is 1. The topological polar surface area (TPSA) is 66.3 Å². The monoisotopic (exact) mass is 517 g/mol. The Balaban J connectivity index is 0.00000300. The molecular weight excluding hydrogens is 481 g/mol. The number of hydrogen-bond acceptors (Lipinski definition) is 4. The van der Waals surface area contributed by atoms with Gasteiger partial charge in [0.05, 0.1) is 19.8 Å². The minimum atomic E-state index is 0. The number of likely N-dealkylation sites (tertiary alicyclic amines) is 1. The molecule has 7 heteroatoms. The van der Waals surface area contributed by atoms with Gasteiger partial charge >= 0.3 is 0 Å². The van der Waals surface area contributed by atoms with Crippen LogP contribution in [0.1, 0.15) is 51.0 Å². The van der Waals surface area contributed by atoms with Crippen LogP contribution in [-0.2, 0) is 11.3 Å². The van der Waals surface area contributed by atoms with Crippen LogP contribution in [0.3, 0.4) is 0 Å². The number of phenols is 1. The number of halogens is 1. The molecule has 1 heterocycles. The van der Waals surface area contributed by atoms with E-state index in [2.05, 4.69) is 17.1 Å². The molecule has 1 aliphatic heterocycles. The summed E-state index contributed by atoms with van der Waals surface area (Å²) >= 11 is 0. The molecule has 1 aromatic rings. The third-order valence-electron chi connectivity index (χ3n) is 5.80. The van der Waals surface area contributed by atoms with Crippen LogP contribution in [0.2, 0.25) is 0 Å². The van der Waals surface area contributed by atoms with Gasteiger partial charge in [0.15, 0.2) is 5.96 Å². The Hall–Kier alpha value is -1.22. The third kappa shape index (κ3) is 7.20. The summed E-state index contributed by atoms with van der Waals surface area (Å²) in [6.45, 7) is 6.16. The molecule has 0 radical (unpaired) electrons. The zero-order valence-electron chi connectivity index (χ0n) is 17.7. The molecule has 0 atom stereocenters. The van der Waals surface area contributed by atoms with E-state index in [0.29, 0.717) is 12.6 Å². The number of rotatable bonds is 7. The lowest BCUT2D eigenvalue weighted by atomic mass is 10.1. The van der Waals surface area contributed by atoms with E-state index in [1.807, 2.05) is 6.07 Å². The summed E-state index contributed by atoms with van der Waals surface area (Å²) in [5.74, 6) is 2.67. The molecule has 2 N–H and O–H groups in total. The Kier molecular flexibility index (Phi) is 10.3. The average Bonchev–Trinajstić information content (AvgIpc) is 3.25. The van der Waals surface area contributed by atoms with Crippen molar-refractivity contribution in [3.05, 3.63) is 23.8 Å². The van der Waals surface area contributed by atoms with E-state index in [9.17, 15) is 5.11 Å². The molecule has 2 aliphatic rings. The van der Waals surface area contributed by atoms with Gasteiger partial charge in [0.2, 0.25) is 0 Å². The highest BCUT2D eigenvalue weighted by molar-refractivity contribution is 14.0. The second kappa shape index (κ2) is 12.5. The predicted octanol–water partition coefficient (Wildman–Crippen LogP) is 4.16. The maximum Gasteiger partial charge on any atom is 0.194 e. The molecule has 0 aromatic heterocycles. The highest BCUT2D eigenvalue weighted by Crippen LogP contribution is 2.26. The third-order valence-corrected chi connectivity index (χ3v) is 5.80. The number of methoxy groups -OCH3 is 1. The molecule has 0 amide bonds. The Morgan fingerprint density at radius 3 is 2.59 bits per heavy atom. The second-order valence-corrected chi connectivity index (χ2v) is 7.84. The number of ether oxygens (including phenoxy) is 2. The second-order valence-electron chi connectivity index (χ2n) is 7.84. The minimum Gasteiger partial charge on any atom is -0.508 e. The molecule has 1 aliphatic carbocycles. The van der Waals surface area contributed by atoms with Crippen molar-refractivity contribution in [2.75, 3.05) is 33.4 Å². The summed E-state index contributed by atoms with van der Waals surface area (Å²) in [6.07, 6.45) is 7.89. The highest BCUT2D eigenvalue weighted by Gasteiger charge is 2.24. The van der Waals surface area contributed by atoms with Crippen LogP contribution in [0.25, 0.3) is 0 Å². The largest absolute Gasteiger partial charge is 0.508 e. The standard InChI is InChI=1S/C22H35N3O3.HI/c1-3-23-22(24-15-18-14-20(27-2)8-9-21(18)26)25-12-10-19(11-13-25)28-16-17-6-4-5-7-17;/h8-9,14,17,19,26H,3-7,10-13,15-16H2,1-2H3,(H,23,24);1H. The number of phenolic OH excluding ortho intramolecular Hbond substituents is 1. The summed E-state index contributed by atoms with van der Waals surface area (Å²) in [5.41, 5.74) is 0.768. The van der Waals surface area contributed by atoms with Gasteiger partial charge in [-0.1, -0.05) is 12.8 Å². The molecule has 1 saturated carbocycles. The molecule has 1 aromatic carbocycles. The number of nitrogens with zero attached hydrogens (tertiary/aromatic N) is 2. The zero-order chi connectivity index (χ0) is 19.8. The van der Waals surface area contributed by atoms with Crippen molar-refractivity contribution in [1.82, 2.24) is 10.2 Å². The van der Waals surface area contributed by atoms with Crippen molar-refractivity contribution in [2.24, 2.45) is 10.9 Å². The quantitative estimate of drug-likeness (QED) is 0.323. The van der Waals surface area contributed by atoms with E-state index >= 15 is 0 Å². The van der Waals surface area contributed by atoms with Crippen molar-refractivity contribution in [3.8, 4) is 11.5 Å². The first kappa shape index (κ1) is 24.1. The fourth-order valence-electron chi connectivity index (χ4n) is 4.08. The summed E-state index contributed by atoms with van der Waals surface area (Å²) in [4.78, 5) is 7.05. The first-order chi connectivity index (χ1) is 13.7. The minimum absolute atomic E-state index is 0. The number of aliphatic imine (C=N–C) groups is 1. The molecular formula is C22H36IN3O3. The average molecular weight is 517 g/mol. The van der Waals surface area contributed by atoms with Gasteiger partial charge in [0.1, 0.15) is 11.5 Å². The zero-order valence-corrected chi connectivity index (χ0v) is 20.1. The summed E-state index contributed by atoms with van der Waals surface area (Å²) in [6, 6.07) is 5.25. The van der Waals surface area contributed by atoms with Crippen molar-refractivity contribution in [2.45, 2.75) is 58.1 Å². The van der Waals surface area contributed by atoms with E-state index in [4.69, 9.17) is 14.5 Å². The van der Waals surface area contributed by atoms with Gasteiger partial charge in [0, 0.05) is 31.8 Å². The van der Waals surface area contributed by atoms with Gasteiger partial charge in [-0.25, -0.2) is 4.99 Å². The fraction of sp³-hybridized carbons (Fsp3) is 0.682. The van der Waals surface area contributed by atoms with Crippen LogP contribution in [0, 0.1) is 5.92 Å². The first-order valence-electron chi connectivity index (χ1n) is 10.7. The SMILES string of the molecule is CCNC(=NCc1cc(OC)ccc1O)N1CCC(OCC2CCCC2)CC1.I. The van der Waals surface area contributed by atoms with E-state index in [-0.39, 0.29) is 29.7 Å². The van der Waals surface area contributed by atoms with E-state index in [0.717, 1.165) is 62.3 Å². The van der Waals surface area contributed by atoms with Crippen molar-refractivity contribution in [1.29, 1.82) is 0 Å². The predicted molar refractivity (Wildman–Crippen MR) is 127 cm³/mol. The lowest BCUT2D eigenvalue weighted by Gasteiger charge is -2.34. The number of piperidine rings is 1. The fourth-order valence-corrected chi connectivity index (χ4v) is 4.08. The molecule has 29 heavy (non-hydrogen) atoms. The molecule has 0 spiro atoms. The Morgan fingerprint density at radius 1 is 1.21 bits per heavy atom. The summed E-state index contributed by atoms with van der Waals surface area (Å²) in [5, 5.41) is 13.5. The molecule has 3 rings (SSSR count). The van der Waals surface area contributed by atoms with E-state index < -0.39 is 0 Å². The van der Waals surface area contributed by atoms with Crippen LogP contribution < -0.4 is 10.1 Å². The van der Waals surface area contributed by atoms with E-state index in [1.54, 1.807) is 19.2 Å². The summed E-state index contributed by atoms with van der Waals surface area (Å²) in [7, 11) is 1.63. The Bertz CT molecular complexity index is 642. The summed E-state index contributed by atoms with van der Waals surface area (Å²) < 4.78 is 11.4. The van der Waals surface area contributed by atoms with Gasteiger partial charge in [-0.05, 0) is 56.7 Å². The van der Waals surface area contributed by atoms with Crippen LogP contribution >= 0.6 is 24.0 Å². The Labute approximate surface area is 192 Å².